The molecule has 0 atom stereocenters. The lowest BCUT2D eigenvalue weighted by molar-refractivity contribution is 0.117. The summed E-state index contributed by atoms with van der Waals surface area (Å²) in [6, 6.07) is 0. The van der Waals surface area contributed by atoms with Gasteiger partial charge in [0.1, 0.15) is 0 Å². The normalized spacial score (nSPS) is 13.0. The molecule has 0 aliphatic carbocycles. The maximum Gasteiger partial charge on any atom is 0.395 e. The lowest BCUT2D eigenvalue weighted by Gasteiger charge is -2.21. The minimum absolute atomic E-state index is 0.531. The highest BCUT2D eigenvalue weighted by Crippen LogP contribution is 2.11. The van der Waals surface area contributed by atoms with Gasteiger partial charge in [-0.3, -0.25) is 0 Å². The summed E-state index contributed by atoms with van der Waals surface area (Å²) in [6.07, 6.45) is 1.77. The summed E-state index contributed by atoms with van der Waals surface area (Å²) < 4.78 is 15.5. The second-order valence-electron chi connectivity index (χ2n) is 2.52. The monoisotopic (exact) mass is 176 g/mol. The Bertz CT molecular complexity index is 143. The number of methoxy groups -OCH3 is 1. The van der Waals surface area contributed by atoms with E-state index in [1.807, 2.05) is 20.0 Å². The molecule has 0 aromatic carbocycles. The van der Waals surface area contributed by atoms with E-state index in [0.29, 0.717) is 5.95 Å². The summed E-state index contributed by atoms with van der Waals surface area (Å²) in [6.45, 7) is 5.77. The van der Waals surface area contributed by atoms with Gasteiger partial charge in [-0.05, 0) is 26.1 Å². The standard InChI is InChI=1S/C7H16O3Si/c1-6-7(8-2)10-11(4,5)9-3/h6H,1-5H3. The number of rotatable bonds is 4. The molecule has 0 aromatic heterocycles. The molecule has 0 aliphatic rings. The van der Waals surface area contributed by atoms with E-state index in [0.717, 1.165) is 0 Å². The van der Waals surface area contributed by atoms with Crippen molar-refractivity contribution in [1.29, 1.82) is 0 Å². The number of hydrogen-bond acceptors (Lipinski definition) is 3. The average molecular weight is 176 g/mol. The Hall–Kier alpha value is -0.483. The van der Waals surface area contributed by atoms with Gasteiger partial charge in [-0.15, -0.1) is 0 Å². The van der Waals surface area contributed by atoms with Gasteiger partial charge in [-0.25, -0.2) is 0 Å². The van der Waals surface area contributed by atoms with E-state index < -0.39 is 8.56 Å². The highest BCUT2D eigenvalue weighted by molar-refractivity contribution is 6.64. The van der Waals surface area contributed by atoms with Crippen LogP contribution in [0.2, 0.25) is 13.1 Å². The van der Waals surface area contributed by atoms with Gasteiger partial charge in [-0.1, -0.05) is 0 Å². The van der Waals surface area contributed by atoms with Gasteiger partial charge in [0.25, 0.3) is 5.95 Å². The SMILES string of the molecule is CC=C(OC)O[Si](C)(C)OC. The molecule has 66 valence electrons. The molecule has 0 radical (unpaired) electrons. The topological polar surface area (TPSA) is 27.7 Å². The van der Waals surface area contributed by atoms with Crippen LogP contribution in [-0.4, -0.2) is 22.8 Å². The minimum atomic E-state index is -1.98. The first-order valence-electron chi connectivity index (χ1n) is 3.50. The number of allylic oxidation sites excluding steroid dienone is 1. The first-order valence-corrected chi connectivity index (χ1v) is 6.32. The second-order valence-corrected chi connectivity index (χ2v) is 5.93. The van der Waals surface area contributed by atoms with Crippen molar-refractivity contribution in [2.24, 2.45) is 0 Å². The first kappa shape index (κ1) is 10.5. The first-order chi connectivity index (χ1) is 5.05. The Morgan fingerprint density at radius 3 is 2.09 bits per heavy atom. The lowest BCUT2D eigenvalue weighted by atomic mass is 10.7. The molecule has 0 spiro atoms. The van der Waals surface area contributed by atoms with Gasteiger partial charge in [0.2, 0.25) is 0 Å². The van der Waals surface area contributed by atoms with E-state index >= 15 is 0 Å². The van der Waals surface area contributed by atoms with Crippen LogP contribution in [0.3, 0.4) is 0 Å². The Labute approximate surface area is 69.2 Å². The summed E-state index contributed by atoms with van der Waals surface area (Å²) in [5, 5.41) is 0. The Kier molecular flexibility index (Phi) is 4.21. The van der Waals surface area contributed by atoms with E-state index in [-0.39, 0.29) is 0 Å². The van der Waals surface area contributed by atoms with Crippen molar-refractivity contribution in [3.05, 3.63) is 12.0 Å². The molecular weight excluding hydrogens is 160 g/mol. The van der Waals surface area contributed by atoms with Gasteiger partial charge in [0, 0.05) is 7.11 Å². The Balaban J connectivity index is 4.01. The number of hydrogen-bond donors (Lipinski definition) is 0. The molecule has 0 aliphatic heterocycles. The largest absolute Gasteiger partial charge is 0.494 e. The van der Waals surface area contributed by atoms with Crippen LogP contribution >= 0.6 is 0 Å². The van der Waals surface area contributed by atoms with E-state index in [9.17, 15) is 0 Å². The van der Waals surface area contributed by atoms with Crippen LogP contribution in [-0.2, 0) is 13.6 Å². The molecule has 0 saturated carbocycles. The van der Waals surface area contributed by atoms with E-state index in [2.05, 4.69) is 0 Å². The van der Waals surface area contributed by atoms with Crippen molar-refractivity contribution < 1.29 is 13.6 Å². The van der Waals surface area contributed by atoms with E-state index in [4.69, 9.17) is 13.6 Å². The molecule has 4 heteroatoms. The fourth-order valence-corrected chi connectivity index (χ4v) is 1.27. The van der Waals surface area contributed by atoms with Crippen molar-refractivity contribution in [1.82, 2.24) is 0 Å². The van der Waals surface area contributed by atoms with Crippen LogP contribution in [0.15, 0.2) is 12.0 Å². The maximum atomic E-state index is 5.44. The molecule has 0 bridgehead atoms. The predicted molar refractivity (Wildman–Crippen MR) is 46.3 cm³/mol. The Morgan fingerprint density at radius 2 is 1.82 bits per heavy atom. The third-order valence-corrected chi connectivity index (χ3v) is 2.95. The van der Waals surface area contributed by atoms with Crippen molar-refractivity contribution in [2.45, 2.75) is 20.0 Å². The van der Waals surface area contributed by atoms with Gasteiger partial charge < -0.3 is 13.6 Å². The summed E-state index contributed by atoms with van der Waals surface area (Å²) in [5.41, 5.74) is 0. The molecule has 0 N–H and O–H groups in total. The molecule has 0 rings (SSSR count). The van der Waals surface area contributed by atoms with Gasteiger partial charge >= 0.3 is 8.56 Å². The fraction of sp³-hybridized carbons (Fsp3) is 0.714. The van der Waals surface area contributed by atoms with Gasteiger partial charge in [0.05, 0.1) is 7.11 Å². The van der Waals surface area contributed by atoms with Crippen molar-refractivity contribution in [2.75, 3.05) is 14.2 Å². The maximum absolute atomic E-state index is 5.44. The van der Waals surface area contributed by atoms with Crippen molar-refractivity contribution in [3.8, 4) is 0 Å². The highest BCUT2D eigenvalue weighted by atomic mass is 28.4. The average Bonchev–Trinajstić information content (AvgIpc) is 2.00. The van der Waals surface area contributed by atoms with E-state index in [1.54, 1.807) is 20.3 Å². The lowest BCUT2D eigenvalue weighted by Crippen LogP contribution is -2.33. The van der Waals surface area contributed by atoms with Gasteiger partial charge in [-0.2, -0.15) is 0 Å². The smallest absolute Gasteiger partial charge is 0.395 e. The second kappa shape index (κ2) is 4.41. The summed E-state index contributed by atoms with van der Waals surface area (Å²) in [7, 11) is 1.25. The summed E-state index contributed by atoms with van der Waals surface area (Å²) in [5.74, 6) is 0.531. The van der Waals surface area contributed by atoms with Crippen molar-refractivity contribution in [3.63, 3.8) is 0 Å². The fourth-order valence-electron chi connectivity index (χ4n) is 0.502. The van der Waals surface area contributed by atoms with Crippen molar-refractivity contribution >= 4 is 8.56 Å². The number of ether oxygens (including phenoxy) is 1. The zero-order chi connectivity index (χ0) is 8.91. The quantitative estimate of drug-likeness (QED) is 0.483. The molecule has 3 nitrogen and oxygen atoms in total. The third kappa shape index (κ3) is 4.05. The predicted octanol–water partition coefficient (Wildman–Crippen LogP) is 1.86. The van der Waals surface area contributed by atoms with Crippen LogP contribution in [0.25, 0.3) is 0 Å². The van der Waals surface area contributed by atoms with Crippen LogP contribution in [0, 0.1) is 0 Å². The van der Waals surface area contributed by atoms with Crippen LogP contribution in [0.1, 0.15) is 6.92 Å². The molecule has 0 aromatic rings. The molecule has 11 heavy (non-hydrogen) atoms. The summed E-state index contributed by atoms with van der Waals surface area (Å²) in [4.78, 5) is 0. The van der Waals surface area contributed by atoms with Crippen LogP contribution < -0.4 is 0 Å². The molecule has 0 amide bonds. The third-order valence-electron chi connectivity index (χ3n) is 1.27. The molecular formula is C7H16O3Si. The van der Waals surface area contributed by atoms with Crippen LogP contribution in [0.5, 0.6) is 0 Å². The highest BCUT2D eigenvalue weighted by Gasteiger charge is 2.25. The zero-order valence-electron chi connectivity index (χ0n) is 7.80. The van der Waals surface area contributed by atoms with Gasteiger partial charge in [0.15, 0.2) is 0 Å². The zero-order valence-corrected chi connectivity index (χ0v) is 8.80. The molecule has 0 heterocycles. The summed E-state index contributed by atoms with van der Waals surface area (Å²) >= 11 is 0. The Morgan fingerprint density at radius 1 is 1.27 bits per heavy atom. The van der Waals surface area contributed by atoms with Crippen LogP contribution in [0.4, 0.5) is 0 Å². The van der Waals surface area contributed by atoms with E-state index in [1.165, 1.54) is 0 Å². The molecule has 0 fully saturated rings. The molecule has 0 unspecified atom stereocenters. The molecule has 0 saturated heterocycles. The minimum Gasteiger partial charge on any atom is -0.494 e.